The normalized spacial score (nSPS) is 18.1. The maximum atomic E-state index is 12.1. The van der Waals surface area contributed by atoms with Crippen molar-refractivity contribution in [3.8, 4) is 5.75 Å². The van der Waals surface area contributed by atoms with Crippen LogP contribution in [-0.2, 0) is 11.3 Å². The van der Waals surface area contributed by atoms with Crippen molar-refractivity contribution < 1.29 is 9.53 Å². The smallest absolute Gasteiger partial charge is 0.234 e. The predicted octanol–water partition coefficient (Wildman–Crippen LogP) is 2.37. The minimum atomic E-state index is 0. The fourth-order valence-corrected chi connectivity index (χ4v) is 3.27. The zero-order chi connectivity index (χ0) is 15.9. The van der Waals surface area contributed by atoms with Crippen molar-refractivity contribution in [2.24, 2.45) is 0 Å². The van der Waals surface area contributed by atoms with Crippen LogP contribution < -0.4 is 15.4 Å². The molecule has 1 heterocycles. The van der Waals surface area contributed by atoms with E-state index in [-0.39, 0.29) is 30.7 Å². The van der Waals surface area contributed by atoms with Crippen LogP contribution in [0.3, 0.4) is 0 Å². The molecule has 5 nitrogen and oxygen atoms in total. The van der Waals surface area contributed by atoms with Crippen LogP contribution in [0, 0.1) is 0 Å². The van der Waals surface area contributed by atoms with Gasteiger partial charge in [0.2, 0.25) is 5.91 Å². The van der Waals surface area contributed by atoms with Gasteiger partial charge in [0, 0.05) is 38.3 Å². The monoisotopic (exact) mass is 389 g/mol. The highest BCUT2D eigenvalue weighted by Gasteiger charge is 2.18. The summed E-state index contributed by atoms with van der Waals surface area (Å²) in [5.74, 6) is 1.00. The van der Waals surface area contributed by atoms with E-state index in [4.69, 9.17) is 4.74 Å². The van der Waals surface area contributed by atoms with Crippen molar-refractivity contribution in [3.05, 3.63) is 29.8 Å². The number of para-hydroxylation sites is 1. The Bertz CT molecular complexity index is 519. The van der Waals surface area contributed by atoms with Gasteiger partial charge >= 0.3 is 0 Å². The zero-order valence-electron chi connectivity index (χ0n) is 14.5. The Morgan fingerprint density at radius 1 is 1.16 bits per heavy atom. The SMILES string of the molecule is Cl.Cl.O=C(CN1CCNCC1)NCc1ccccc1OC1CCCC1. The van der Waals surface area contributed by atoms with Crippen LogP contribution in [-0.4, -0.2) is 49.6 Å². The Balaban J connectivity index is 0.00000156. The maximum Gasteiger partial charge on any atom is 0.234 e. The number of nitrogens with one attached hydrogen (secondary N) is 2. The fraction of sp³-hybridized carbons (Fsp3) is 0.611. The molecular formula is C18H29Cl2N3O2. The summed E-state index contributed by atoms with van der Waals surface area (Å²) in [6.45, 7) is 4.82. The van der Waals surface area contributed by atoms with Crippen molar-refractivity contribution in [3.63, 3.8) is 0 Å². The number of hydrogen-bond acceptors (Lipinski definition) is 4. The van der Waals surface area contributed by atoms with Gasteiger partial charge in [-0.2, -0.15) is 0 Å². The summed E-state index contributed by atoms with van der Waals surface area (Å²) >= 11 is 0. The lowest BCUT2D eigenvalue weighted by molar-refractivity contribution is -0.122. The van der Waals surface area contributed by atoms with Crippen LogP contribution in [0.1, 0.15) is 31.2 Å². The molecule has 0 bridgehead atoms. The standard InChI is InChI=1S/C18H27N3O2.2ClH/c22-18(14-21-11-9-19-10-12-21)20-13-15-5-1-4-8-17(15)23-16-6-2-3-7-16;;/h1,4-5,8,16,19H,2-3,6-7,9-14H2,(H,20,22);2*1H. The first-order valence-corrected chi connectivity index (χ1v) is 8.75. The lowest BCUT2D eigenvalue weighted by Gasteiger charge is -2.26. The second-order valence-corrected chi connectivity index (χ2v) is 6.43. The van der Waals surface area contributed by atoms with Crippen molar-refractivity contribution in [2.75, 3.05) is 32.7 Å². The summed E-state index contributed by atoms with van der Waals surface area (Å²) in [5.41, 5.74) is 1.06. The molecule has 1 aliphatic heterocycles. The Hall–Kier alpha value is -1.01. The van der Waals surface area contributed by atoms with E-state index in [9.17, 15) is 4.79 Å². The molecule has 1 saturated carbocycles. The molecule has 0 aromatic heterocycles. The van der Waals surface area contributed by atoms with Gasteiger partial charge in [0.1, 0.15) is 5.75 Å². The van der Waals surface area contributed by atoms with Crippen LogP contribution in [0.25, 0.3) is 0 Å². The van der Waals surface area contributed by atoms with Gasteiger partial charge in [-0.05, 0) is 31.7 Å². The summed E-state index contributed by atoms with van der Waals surface area (Å²) < 4.78 is 6.12. The third-order valence-corrected chi connectivity index (χ3v) is 4.62. The first-order chi connectivity index (χ1) is 11.3. The molecule has 0 atom stereocenters. The van der Waals surface area contributed by atoms with Crippen LogP contribution in [0.5, 0.6) is 5.75 Å². The second-order valence-electron chi connectivity index (χ2n) is 6.43. The molecule has 2 aliphatic rings. The highest BCUT2D eigenvalue weighted by molar-refractivity contribution is 5.85. The third-order valence-electron chi connectivity index (χ3n) is 4.62. The van der Waals surface area contributed by atoms with Crippen LogP contribution in [0.15, 0.2) is 24.3 Å². The average Bonchev–Trinajstić information content (AvgIpc) is 3.08. The van der Waals surface area contributed by atoms with E-state index < -0.39 is 0 Å². The number of ether oxygens (including phenoxy) is 1. The van der Waals surface area contributed by atoms with Gasteiger partial charge in [0.05, 0.1) is 12.6 Å². The fourth-order valence-electron chi connectivity index (χ4n) is 3.27. The van der Waals surface area contributed by atoms with Gasteiger partial charge in [-0.15, -0.1) is 24.8 Å². The highest BCUT2D eigenvalue weighted by Crippen LogP contribution is 2.26. The number of benzene rings is 1. The molecule has 2 N–H and O–H groups in total. The molecule has 1 amide bonds. The van der Waals surface area contributed by atoms with E-state index in [1.54, 1.807) is 0 Å². The molecule has 1 aromatic carbocycles. The summed E-state index contributed by atoms with van der Waals surface area (Å²) in [6, 6.07) is 8.04. The van der Waals surface area contributed by atoms with E-state index in [1.165, 1.54) is 12.8 Å². The van der Waals surface area contributed by atoms with E-state index in [2.05, 4.69) is 15.5 Å². The number of hydrogen-bond donors (Lipinski definition) is 2. The molecule has 7 heteroatoms. The largest absolute Gasteiger partial charge is 0.490 e. The number of halogens is 2. The molecule has 142 valence electrons. The molecule has 0 unspecified atom stereocenters. The topological polar surface area (TPSA) is 53.6 Å². The Morgan fingerprint density at radius 2 is 1.84 bits per heavy atom. The Labute approximate surface area is 162 Å². The second kappa shape index (κ2) is 11.6. The predicted molar refractivity (Wildman–Crippen MR) is 105 cm³/mol. The van der Waals surface area contributed by atoms with Gasteiger partial charge in [0.15, 0.2) is 0 Å². The quantitative estimate of drug-likeness (QED) is 0.783. The summed E-state index contributed by atoms with van der Waals surface area (Å²) in [7, 11) is 0. The number of rotatable bonds is 6. The number of amides is 1. The lowest BCUT2D eigenvalue weighted by Crippen LogP contribution is -2.47. The Morgan fingerprint density at radius 3 is 2.56 bits per heavy atom. The molecule has 0 radical (unpaired) electrons. The third kappa shape index (κ3) is 7.02. The van der Waals surface area contributed by atoms with Crippen LogP contribution >= 0.6 is 24.8 Å². The van der Waals surface area contributed by atoms with Crippen molar-refractivity contribution >= 4 is 30.7 Å². The molecule has 1 saturated heterocycles. The molecule has 25 heavy (non-hydrogen) atoms. The minimum Gasteiger partial charge on any atom is -0.490 e. The molecular weight excluding hydrogens is 361 g/mol. The van der Waals surface area contributed by atoms with Crippen LogP contribution in [0.4, 0.5) is 0 Å². The van der Waals surface area contributed by atoms with Crippen molar-refractivity contribution in [1.29, 1.82) is 0 Å². The number of piperazine rings is 1. The van der Waals surface area contributed by atoms with Gasteiger partial charge in [-0.25, -0.2) is 0 Å². The molecule has 0 spiro atoms. The summed E-state index contributed by atoms with van der Waals surface area (Å²) in [5, 5.41) is 6.33. The van der Waals surface area contributed by atoms with Crippen molar-refractivity contribution in [2.45, 2.75) is 38.3 Å². The molecule has 3 rings (SSSR count). The van der Waals surface area contributed by atoms with Crippen molar-refractivity contribution in [1.82, 2.24) is 15.5 Å². The molecule has 1 aromatic rings. The van der Waals surface area contributed by atoms with E-state index >= 15 is 0 Å². The summed E-state index contributed by atoms with van der Waals surface area (Å²) in [6.07, 6.45) is 5.14. The molecule has 2 fully saturated rings. The van der Waals surface area contributed by atoms with Gasteiger partial charge < -0.3 is 15.4 Å². The van der Waals surface area contributed by atoms with Gasteiger partial charge in [-0.3, -0.25) is 9.69 Å². The lowest BCUT2D eigenvalue weighted by atomic mass is 10.2. The van der Waals surface area contributed by atoms with E-state index in [0.29, 0.717) is 19.2 Å². The maximum absolute atomic E-state index is 12.1. The number of carbonyl (C=O) groups is 1. The number of nitrogens with zero attached hydrogens (tertiary/aromatic N) is 1. The average molecular weight is 390 g/mol. The van der Waals surface area contributed by atoms with Gasteiger partial charge in [0.25, 0.3) is 0 Å². The summed E-state index contributed by atoms with van der Waals surface area (Å²) in [4.78, 5) is 14.3. The van der Waals surface area contributed by atoms with Crippen LogP contribution in [0.2, 0.25) is 0 Å². The first-order valence-electron chi connectivity index (χ1n) is 8.75. The molecule has 1 aliphatic carbocycles. The van der Waals surface area contributed by atoms with E-state index in [0.717, 1.165) is 50.3 Å². The minimum absolute atomic E-state index is 0. The Kier molecular flexibility index (Phi) is 10.2. The first kappa shape index (κ1) is 22.0. The number of carbonyl (C=O) groups excluding carboxylic acids is 1. The van der Waals surface area contributed by atoms with E-state index in [1.807, 2.05) is 24.3 Å². The zero-order valence-corrected chi connectivity index (χ0v) is 16.2. The highest BCUT2D eigenvalue weighted by atomic mass is 35.5. The van der Waals surface area contributed by atoms with Gasteiger partial charge in [-0.1, -0.05) is 18.2 Å².